The molecule has 2 N–H and O–H groups in total. The molecule has 0 bridgehead atoms. The lowest BCUT2D eigenvalue weighted by molar-refractivity contribution is -0.195. The van der Waals surface area contributed by atoms with Gasteiger partial charge in [-0.3, -0.25) is 4.79 Å². The number of rotatable bonds is 10. The lowest BCUT2D eigenvalue weighted by Crippen LogP contribution is -2.27. The van der Waals surface area contributed by atoms with Crippen LogP contribution in [0.25, 0.3) is 0 Å². The molecule has 0 spiro atoms. The number of esters is 1. The van der Waals surface area contributed by atoms with Gasteiger partial charge in [0.25, 0.3) is 0 Å². The number of phenolic OH excluding ortho intramolecular Hbond substituents is 1. The molecule has 0 aromatic heterocycles. The van der Waals surface area contributed by atoms with Crippen molar-refractivity contribution in [2.24, 2.45) is 0 Å². The first-order valence-electron chi connectivity index (χ1n) is 16.0. The molecule has 0 unspecified atom stereocenters. The number of benzene rings is 2. The molecule has 0 aliphatic heterocycles. The zero-order valence-electron chi connectivity index (χ0n) is 30.9. The van der Waals surface area contributed by atoms with Crippen molar-refractivity contribution >= 4 is 29.5 Å². The molecule has 7 heteroatoms. The Morgan fingerprint density at radius 2 is 1.00 bits per heavy atom. The van der Waals surface area contributed by atoms with E-state index in [-0.39, 0.29) is 32.2 Å². The third kappa shape index (κ3) is 11.7. The van der Waals surface area contributed by atoms with Crippen LogP contribution in [0.5, 0.6) is 11.5 Å². The number of ether oxygens (including phenoxy) is 2. The van der Waals surface area contributed by atoms with Gasteiger partial charge in [-0.05, 0) is 66.2 Å². The second kappa shape index (κ2) is 13.7. The van der Waals surface area contributed by atoms with Crippen LogP contribution in [0.1, 0.15) is 146 Å². The van der Waals surface area contributed by atoms with Gasteiger partial charge in [-0.15, -0.1) is 23.5 Å². The zero-order chi connectivity index (χ0) is 35.0. The van der Waals surface area contributed by atoms with Gasteiger partial charge in [0.05, 0.1) is 10.7 Å². The molecule has 45 heavy (non-hydrogen) atoms. The normalized spacial score (nSPS) is 13.6. The summed E-state index contributed by atoms with van der Waals surface area (Å²) in [5.74, 6) is -0.645. The van der Waals surface area contributed by atoms with Crippen molar-refractivity contribution in [1.82, 2.24) is 0 Å². The van der Waals surface area contributed by atoms with E-state index in [0.717, 1.165) is 32.9 Å². The van der Waals surface area contributed by atoms with Gasteiger partial charge in [-0.25, -0.2) is 0 Å². The van der Waals surface area contributed by atoms with Gasteiger partial charge < -0.3 is 19.7 Å². The van der Waals surface area contributed by atoms with Crippen molar-refractivity contribution in [1.29, 1.82) is 0 Å². The van der Waals surface area contributed by atoms with Gasteiger partial charge in [-0.1, -0.05) is 83.1 Å². The second-order valence-electron chi connectivity index (χ2n) is 17.2. The van der Waals surface area contributed by atoms with Gasteiger partial charge in [-0.2, -0.15) is 0 Å². The van der Waals surface area contributed by atoms with Crippen molar-refractivity contribution in [2.75, 3.05) is 6.61 Å². The summed E-state index contributed by atoms with van der Waals surface area (Å²) in [5.41, 5.74) is 3.47. The molecule has 0 fully saturated rings. The minimum Gasteiger partial charge on any atom is -0.507 e. The zero-order valence-corrected chi connectivity index (χ0v) is 32.5. The van der Waals surface area contributed by atoms with E-state index >= 15 is 0 Å². The van der Waals surface area contributed by atoms with Crippen molar-refractivity contribution < 1.29 is 24.5 Å². The molecule has 254 valence electrons. The summed E-state index contributed by atoms with van der Waals surface area (Å²) >= 11 is 3.66. The molecular weight excluding hydrogens is 601 g/mol. The van der Waals surface area contributed by atoms with Gasteiger partial charge in [0.15, 0.2) is 0 Å². The van der Waals surface area contributed by atoms with Crippen molar-refractivity contribution in [3.8, 4) is 11.5 Å². The number of aromatic hydroxyl groups is 1. The number of aliphatic hydroxyl groups is 1. The highest BCUT2D eigenvalue weighted by Gasteiger charge is 2.32. The fraction of sp³-hybridized carbons (Fsp3) is 0.658. The Kier molecular flexibility index (Phi) is 12.0. The third-order valence-corrected chi connectivity index (χ3v) is 9.67. The quantitative estimate of drug-likeness (QED) is 0.114. The number of phenols is 1. The molecule has 0 aliphatic carbocycles. The average molecular weight is 661 g/mol. The smallest absolute Gasteiger partial charge is 0.308 e. The number of thioether (sulfide) groups is 2. The summed E-state index contributed by atoms with van der Waals surface area (Å²) in [6, 6.07) is 8.84. The SMILES string of the molecule is CC(C)(O)OC(=O)CCCOc1c(C(C)(C)C)cc(SC(C)(C)Sc2cc(C(C)(C)C)c(O)c(C(C)(C)C)c2)cc1C(C)(C)C. The molecule has 2 aromatic rings. The Morgan fingerprint density at radius 1 is 0.644 bits per heavy atom. The topological polar surface area (TPSA) is 76.0 Å². The van der Waals surface area contributed by atoms with E-state index in [4.69, 9.17) is 9.47 Å². The Hall–Kier alpha value is -1.83. The first-order chi connectivity index (χ1) is 20.0. The minimum atomic E-state index is -1.48. The lowest BCUT2D eigenvalue weighted by Gasteiger charge is -2.32. The van der Waals surface area contributed by atoms with Crippen LogP contribution in [0.2, 0.25) is 0 Å². The molecule has 5 nitrogen and oxygen atoms in total. The monoisotopic (exact) mass is 660 g/mol. The molecule has 0 saturated carbocycles. The highest BCUT2D eigenvalue weighted by molar-refractivity contribution is 8.18. The van der Waals surface area contributed by atoms with Crippen molar-refractivity contribution in [2.45, 2.75) is 165 Å². The van der Waals surface area contributed by atoms with E-state index in [1.807, 2.05) is 23.5 Å². The Morgan fingerprint density at radius 3 is 1.33 bits per heavy atom. The summed E-state index contributed by atoms with van der Waals surface area (Å²) in [4.78, 5) is 14.5. The average Bonchev–Trinajstić information content (AvgIpc) is 2.78. The maximum absolute atomic E-state index is 12.1. The summed E-state index contributed by atoms with van der Waals surface area (Å²) in [5, 5.41) is 21.0. The summed E-state index contributed by atoms with van der Waals surface area (Å²) in [6.07, 6.45) is 0.659. The summed E-state index contributed by atoms with van der Waals surface area (Å²) in [7, 11) is 0. The lowest BCUT2D eigenvalue weighted by atomic mass is 9.79. The molecule has 0 radical (unpaired) electrons. The van der Waals surface area contributed by atoms with Crippen LogP contribution in [0, 0.1) is 0 Å². The predicted octanol–water partition coefficient (Wildman–Crippen LogP) is 10.6. The molecule has 0 heterocycles. The molecule has 0 atom stereocenters. The summed E-state index contributed by atoms with van der Waals surface area (Å²) in [6.45, 7) is 33.9. The van der Waals surface area contributed by atoms with Crippen LogP contribution in [-0.4, -0.2) is 32.7 Å². The fourth-order valence-electron chi connectivity index (χ4n) is 5.05. The third-order valence-electron chi connectivity index (χ3n) is 7.24. The van der Waals surface area contributed by atoms with Crippen LogP contribution in [0.4, 0.5) is 0 Å². The maximum atomic E-state index is 12.1. The van der Waals surface area contributed by atoms with Crippen LogP contribution in [-0.2, 0) is 31.2 Å². The first-order valence-corrected chi connectivity index (χ1v) is 17.7. The van der Waals surface area contributed by atoms with Crippen LogP contribution >= 0.6 is 23.5 Å². The van der Waals surface area contributed by atoms with Crippen molar-refractivity contribution in [3.05, 3.63) is 46.5 Å². The number of carbonyl (C=O) groups excluding carboxylic acids is 1. The molecular formula is C38H60O5S2. The largest absolute Gasteiger partial charge is 0.507 e. The standard InChI is InChI=1S/C38H60O5S2/c1-33(2,3)26-20-24(21-27(31(26)40)34(4,5)6)44-38(15,16)45-25-22-28(35(7,8)9)32(29(23-25)36(10,11)12)42-19-17-18-30(39)43-37(13,14)41/h20-23,40-41H,17-19H2,1-16H3. The number of hydrogen-bond donors (Lipinski definition) is 2. The molecule has 2 aromatic carbocycles. The predicted molar refractivity (Wildman–Crippen MR) is 192 cm³/mol. The van der Waals surface area contributed by atoms with E-state index in [1.165, 1.54) is 18.7 Å². The van der Waals surface area contributed by atoms with Gasteiger partial charge in [0.2, 0.25) is 5.79 Å². The Labute approximate surface area is 282 Å². The van der Waals surface area contributed by atoms with Crippen LogP contribution in [0.15, 0.2) is 34.1 Å². The van der Waals surface area contributed by atoms with Gasteiger partial charge in [0.1, 0.15) is 11.5 Å². The van der Waals surface area contributed by atoms with E-state index in [0.29, 0.717) is 18.8 Å². The first kappa shape index (κ1) is 39.3. The summed E-state index contributed by atoms with van der Waals surface area (Å²) < 4.78 is 11.3. The minimum absolute atomic E-state index is 0.171. The van der Waals surface area contributed by atoms with Crippen LogP contribution in [0.3, 0.4) is 0 Å². The van der Waals surface area contributed by atoms with Gasteiger partial charge >= 0.3 is 5.97 Å². The Bertz CT molecular complexity index is 1270. The van der Waals surface area contributed by atoms with E-state index in [1.54, 1.807) is 0 Å². The van der Waals surface area contributed by atoms with Crippen molar-refractivity contribution in [3.63, 3.8) is 0 Å². The van der Waals surface area contributed by atoms with E-state index < -0.39 is 11.8 Å². The maximum Gasteiger partial charge on any atom is 0.308 e. The number of carbonyl (C=O) groups is 1. The highest BCUT2D eigenvalue weighted by Crippen LogP contribution is 2.51. The number of hydrogen-bond acceptors (Lipinski definition) is 7. The van der Waals surface area contributed by atoms with Gasteiger partial charge in [0, 0.05) is 52.3 Å². The fourth-order valence-corrected chi connectivity index (χ4v) is 7.64. The molecule has 2 rings (SSSR count). The van der Waals surface area contributed by atoms with E-state index in [9.17, 15) is 15.0 Å². The highest BCUT2D eigenvalue weighted by atomic mass is 32.2. The Balaban J connectivity index is 2.48. The second-order valence-corrected chi connectivity index (χ2v) is 20.8. The molecule has 0 aliphatic rings. The van der Waals surface area contributed by atoms with E-state index in [2.05, 4.69) is 121 Å². The molecule has 0 saturated heterocycles. The van der Waals surface area contributed by atoms with Crippen LogP contribution < -0.4 is 4.74 Å². The molecule has 0 amide bonds.